The molecule has 78 valence electrons. The Labute approximate surface area is 86.8 Å². The molecule has 0 saturated carbocycles. The van der Waals surface area contributed by atoms with E-state index in [0.717, 1.165) is 0 Å². The number of thiophene rings is 1. The molecule has 0 spiro atoms. The van der Waals surface area contributed by atoms with E-state index in [-0.39, 0.29) is 12.5 Å². The van der Waals surface area contributed by atoms with Gasteiger partial charge in [-0.3, -0.25) is 0 Å². The minimum atomic E-state index is -3.26. The van der Waals surface area contributed by atoms with Crippen LogP contribution < -0.4 is 0 Å². The second-order valence-corrected chi connectivity index (χ2v) is 6.42. The molecule has 0 atom stereocenters. The third-order valence-corrected chi connectivity index (χ3v) is 5.48. The highest BCUT2D eigenvalue weighted by Crippen LogP contribution is 2.27. The maximum Gasteiger partial charge on any atom is 0.252 e. The van der Waals surface area contributed by atoms with E-state index in [2.05, 4.69) is 0 Å². The van der Waals surface area contributed by atoms with Crippen molar-refractivity contribution in [3.05, 3.63) is 17.5 Å². The molecule has 6 heteroatoms. The van der Waals surface area contributed by atoms with Crippen LogP contribution in [0.25, 0.3) is 0 Å². The molecule has 0 amide bonds. The molecular formula is C8H11NO3S2. The van der Waals surface area contributed by atoms with Crippen LogP contribution in [0.4, 0.5) is 0 Å². The molecule has 0 unspecified atom stereocenters. The summed E-state index contributed by atoms with van der Waals surface area (Å²) in [5, 5.41) is 10.5. The Morgan fingerprint density at radius 1 is 1.57 bits per heavy atom. The van der Waals surface area contributed by atoms with E-state index in [9.17, 15) is 8.42 Å². The van der Waals surface area contributed by atoms with Crippen LogP contribution >= 0.6 is 11.3 Å². The number of hydrogen-bond acceptors (Lipinski definition) is 4. The van der Waals surface area contributed by atoms with Crippen LogP contribution in [0.5, 0.6) is 0 Å². The van der Waals surface area contributed by atoms with Crippen LogP contribution in [0.1, 0.15) is 0 Å². The third kappa shape index (κ3) is 1.58. The van der Waals surface area contributed by atoms with Crippen molar-refractivity contribution in [1.29, 1.82) is 0 Å². The van der Waals surface area contributed by atoms with Crippen molar-refractivity contribution < 1.29 is 13.5 Å². The van der Waals surface area contributed by atoms with Gasteiger partial charge in [0.15, 0.2) is 0 Å². The van der Waals surface area contributed by atoms with Crippen LogP contribution in [-0.4, -0.2) is 37.5 Å². The van der Waals surface area contributed by atoms with Gasteiger partial charge in [-0.15, -0.1) is 11.3 Å². The van der Waals surface area contributed by atoms with Crippen molar-refractivity contribution in [3.63, 3.8) is 0 Å². The summed E-state index contributed by atoms with van der Waals surface area (Å²) in [4.78, 5) is 0. The zero-order valence-corrected chi connectivity index (χ0v) is 9.09. The molecule has 0 aromatic carbocycles. The highest BCUT2D eigenvalue weighted by molar-refractivity contribution is 7.91. The van der Waals surface area contributed by atoms with Crippen molar-refractivity contribution in [3.8, 4) is 0 Å². The maximum absolute atomic E-state index is 11.8. The van der Waals surface area contributed by atoms with Gasteiger partial charge in [0.25, 0.3) is 10.0 Å². The zero-order chi connectivity index (χ0) is 10.2. The van der Waals surface area contributed by atoms with Gasteiger partial charge in [-0.1, -0.05) is 6.07 Å². The number of hydrogen-bond donors (Lipinski definition) is 1. The maximum atomic E-state index is 11.8. The Hall–Kier alpha value is -0.430. The van der Waals surface area contributed by atoms with E-state index < -0.39 is 10.0 Å². The number of aliphatic hydroxyl groups excluding tert-OH is 1. The van der Waals surface area contributed by atoms with E-state index in [1.54, 1.807) is 17.5 Å². The minimum absolute atomic E-state index is 0.0659. The highest BCUT2D eigenvalue weighted by atomic mass is 32.2. The van der Waals surface area contributed by atoms with E-state index in [1.165, 1.54) is 15.6 Å². The molecule has 4 nitrogen and oxygen atoms in total. The highest BCUT2D eigenvalue weighted by Gasteiger charge is 2.36. The standard InChI is InChI=1S/C8H11NO3S2/c10-6-7-4-9(5-7)14(11,12)8-2-1-3-13-8/h1-3,7,10H,4-6H2. The first-order chi connectivity index (χ1) is 6.64. The molecule has 1 aliphatic rings. The van der Waals surface area contributed by atoms with Gasteiger partial charge >= 0.3 is 0 Å². The van der Waals surface area contributed by atoms with Crippen LogP contribution in [0.3, 0.4) is 0 Å². The zero-order valence-electron chi connectivity index (χ0n) is 7.46. The predicted octanol–water partition coefficient (Wildman–Crippen LogP) is 0.361. The normalized spacial score (nSPS) is 19.5. The van der Waals surface area contributed by atoms with Crippen LogP contribution in [0.2, 0.25) is 0 Å². The van der Waals surface area contributed by atoms with E-state index >= 15 is 0 Å². The van der Waals surface area contributed by atoms with Crippen molar-refractivity contribution in [2.45, 2.75) is 4.21 Å². The summed E-state index contributed by atoms with van der Waals surface area (Å²) < 4.78 is 25.4. The van der Waals surface area contributed by atoms with Gasteiger partial charge in [0.1, 0.15) is 4.21 Å². The molecular weight excluding hydrogens is 222 g/mol. The number of nitrogens with zero attached hydrogens (tertiary/aromatic N) is 1. The molecule has 1 N–H and O–H groups in total. The molecule has 0 aliphatic carbocycles. The fraction of sp³-hybridized carbons (Fsp3) is 0.500. The second-order valence-electron chi connectivity index (χ2n) is 3.30. The number of sulfonamides is 1. The summed E-state index contributed by atoms with van der Waals surface area (Å²) in [6, 6.07) is 3.33. The van der Waals surface area contributed by atoms with Gasteiger partial charge in [0.05, 0.1) is 0 Å². The first kappa shape index (κ1) is 10.1. The molecule has 1 fully saturated rings. The molecule has 1 aromatic rings. The number of rotatable bonds is 3. The largest absolute Gasteiger partial charge is 0.396 e. The van der Waals surface area contributed by atoms with Gasteiger partial charge in [-0.25, -0.2) is 8.42 Å². The summed E-state index contributed by atoms with van der Waals surface area (Å²) in [6.07, 6.45) is 0. The van der Waals surface area contributed by atoms with E-state index in [1.807, 2.05) is 0 Å². The van der Waals surface area contributed by atoms with Crippen LogP contribution in [0, 0.1) is 5.92 Å². The Bertz CT molecular complexity index is 392. The Morgan fingerprint density at radius 2 is 2.29 bits per heavy atom. The minimum Gasteiger partial charge on any atom is -0.396 e. The molecule has 0 radical (unpaired) electrons. The first-order valence-electron chi connectivity index (χ1n) is 4.29. The van der Waals surface area contributed by atoms with Crippen molar-refractivity contribution >= 4 is 21.4 Å². The summed E-state index contributed by atoms with van der Waals surface area (Å²) in [5.74, 6) is 0.115. The van der Waals surface area contributed by atoms with Gasteiger partial charge in [0, 0.05) is 25.6 Å². The monoisotopic (exact) mass is 233 g/mol. The van der Waals surface area contributed by atoms with Crippen LogP contribution in [0.15, 0.2) is 21.7 Å². The lowest BCUT2D eigenvalue weighted by molar-refractivity contribution is 0.117. The van der Waals surface area contributed by atoms with Gasteiger partial charge < -0.3 is 5.11 Å². The molecule has 1 aromatic heterocycles. The quantitative estimate of drug-likeness (QED) is 0.820. The van der Waals surface area contributed by atoms with Crippen molar-refractivity contribution in [2.75, 3.05) is 19.7 Å². The van der Waals surface area contributed by atoms with Gasteiger partial charge in [0.2, 0.25) is 0 Å². The first-order valence-corrected chi connectivity index (χ1v) is 6.61. The van der Waals surface area contributed by atoms with Crippen molar-refractivity contribution in [1.82, 2.24) is 4.31 Å². The molecule has 2 rings (SSSR count). The van der Waals surface area contributed by atoms with E-state index in [4.69, 9.17) is 5.11 Å². The second kappa shape index (κ2) is 3.62. The number of aliphatic hydroxyl groups is 1. The predicted molar refractivity (Wildman–Crippen MR) is 53.7 cm³/mol. The summed E-state index contributed by atoms with van der Waals surface area (Å²) in [7, 11) is -3.26. The summed E-state index contributed by atoms with van der Waals surface area (Å²) in [6.45, 7) is 0.948. The topological polar surface area (TPSA) is 57.6 Å². The van der Waals surface area contributed by atoms with Gasteiger partial charge in [-0.2, -0.15) is 4.31 Å². The molecule has 1 aliphatic heterocycles. The lowest BCUT2D eigenvalue weighted by Gasteiger charge is -2.36. The smallest absolute Gasteiger partial charge is 0.252 e. The lowest BCUT2D eigenvalue weighted by Crippen LogP contribution is -2.50. The Balaban J connectivity index is 2.12. The lowest BCUT2D eigenvalue weighted by atomic mass is 10.1. The fourth-order valence-corrected chi connectivity index (χ4v) is 4.11. The average molecular weight is 233 g/mol. The fourth-order valence-electron chi connectivity index (χ4n) is 1.37. The Morgan fingerprint density at radius 3 is 2.79 bits per heavy atom. The van der Waals surface area contributed by atoms with Crippen molar-refractivity contribution in [2.24, 2.45) is 5.92 Å². The molecule has 2 heterocycles. The Kier molecular flexibility index (Phi) is 2.61. The molecule has 14 heavy (non-hydrogen) atoms. The molecule has 0 bridgehead atoms. The average Bonchev–Trinajstić information content (AvgIpc) is 2.53. The summed E-state index contributed by atoms with van der Waals surface area (Å²) in [5.41, 5.74) is 0. The SMILES string of the molecule is O=S(=O)(c1cccs1)N1CC(CO)C1. The third-order valence-electron chi connectivity index (χ3n) is 2.27. The van der Waals surface area contributed by atoms with E-state index in [0.29, 0.717) is 17.3 Å². The van der Waals surface area contributed by atoms with Gasteiger partial charge in [-0.05, 0) is 11.4 Å². The van der Waals surface area contributed by atoms with Crippen LogP contribution in [-0.2, 0) is 10.0 Å². The molecule has 1 saturated heterocycles. The summed E-state index contributed by atoms with van der Waals surface area (Å²) >= 11 is 1.22.